The summed E-state index contributed by atoms with van der Waals surface area (Å²) in [6.07, 6.45) is 0. The van der Waals surface area contributed by atoms with Crippen LogP contribution in [0.5, 0.6) is 0 Å². The van der Waals surface area contributed by atoms with Crippen LogP contribution in [0, 0.1) is 13.8 Å². The third-order valence-corrected chi connectivity index (χ3v) is 16.3. The lowest BCUT2D eigenvalue weighted by Gasteiger charge is -2.36. The van der Waals surface area contributed by atoms with Crippen molar-refractivity contribution in [3.05, 3.63) is 288 Å². The fraction of sp³-hybridized carbons (Fsp3) is 0.0959. The maximum atomic E-state index is 7.12. The van der Waals surface area contributed by atoms with Gasteiger partial charge >= 0.3 is 0 Å². The quantitative estimate of drug-likeness (QED) is 0.151. The summed E-state index contributed by atoms with van der Waals surface area (Å²) < 4.78 is 7.12. The third-order valence-electron chi connectivity index (χ3n) is 16.3. The van der Waals surface area contributed by atoms with E-state index in [1.54, 1.807) is 0 Å². The maximum absolute atomic E-state index is 7.12. The van der Waals surface area contributed by atoms with E-state index >= 15 is 0 Å². The average Bonchev–Trinajstić information content (AvgIpc) is 4.22. The zero-order chi connectivity index (χ0) is 51.3. The highest BCUT2D eigenvalue weighted by molar-refractivity contribution is 6.19. The number of hydrogen-bond acceptors (Lipinski definition) is 3. The fourth-order valence-corrected chi connectivity index (χ4v) is 12.7. The first-order valence-corrected chi connectivity index (χ1v) is 26.6. The highest BCUT2D eigenvalue weighted by atomic mass is 16.3. The lowest BCUT2D eigenvalue weighted by atomic mass is 9.69. The lowest BCUT2D eigenvalue weighted by molar-refractivity contribution is 0.590. The number of aryl methyl sites for hydroxylation is 2. The fourth-order valence-electron chi connectivity index (χ4n) is 12.7. The first-order valence-electron chi connectivity index (χ1n) is 26.6. The molecule has 0 fully saturated rings. The van der Waals surface area contributed by atoms with Crippen LogP contribution < -0.4 is 9.80 Å². The van der Waals surface area contributed by atoms with Crippen LogP contribution in [0.15, 0.2) is 253 Å². The molecule has 3 heteroatoms. The van der Waals surface area contributed by atoms with E-state index in [1.165, 1.54) is 83.5 Å². The monoisotopic (exact) mass is 976 g/mol. The van der Waals surface area contributed by atoms with Crippen molar-refractivity contribution in [3.63, 3.8) is 0 Å². The SMILES string of the molecule is Cc1ccc(N(c2ccccc2)c2ccc3c(c2)C2(c4ccccc4-c4ccccc42)c2c(N(c4ccc(C(C)(C)C)cc4)c4ccc(C)c(-c5ccccc5)c4)cc4oc5ccccc5c4c2-3)cc1-c1ccccc1. The van der Waals surface area contributed by atoms with Crippen LogP contribution >= 0.6 is 0 Å². The molecular formula is C73H56N2O. The van der Waals surface area contributed by atoms with Gasteiger partial charge in [-0.05, 0) is 158 Å². The molecule has 0 saturated carbocycles. The summed E-state index contributed by atoms with van der Waals surface area (Å²) in [5.74, 6) is 0. The van der Waals surface area contributed by atoms with Crippen LogP contribution in [0.4, 0.5) is 34.1 Å². The van der Waals surface area contributed by atoms with Crippen LogP contribution in [-0.2, 0) is 10.8 Å². The van der Waals surface area contributed by atoms with Gasteiger partial charge in [-0.15, -0.1) is 0 Å². The Kier molecular flexibility index (Phi) is 10.4. The van der Waals surface area contributed by atoms with Gasteiger partial charge in [0.25, 0.3) is 0 Å². The number of rotatable bonds is 8. The summed E-state index contributed by atoms with van der Waals surface area (Å²) in [5.41, 5.74) is 25.8. The molecule has 0 N–H and O–H groups in total. The lowest BCUT2D eigenvalue weighted by Crippen LogP contribution is -2.28. The Balaban J connectivity index is 1.12. The molecule has 0 bridgehead atoms. The van der Waals surface area contributed by atoms with E-state index in [4.69, 9.17) is 4.42 Å². The first kappa shape index (κ1) is 45.4. The number of anilines is 6. The molecule has 12 aromatic rings. The van der Waals surface area contributed by atoms with E-state index in [-0.39, 0.29) is 5.41 Å². The highest BCUT2D eigenvalue weighted by Gasteiger charge is 2.54. The highest BCUT2D eigenvalue weighted by Crippen LogP contribution is 2.68. The second kappa shape index (κ2) is 17.5. The molecule has 1 aromatic heterocycles. The first-order chi connectivity index (χ1) is 37.2. The van der Waals surface area contributed by atoms with Crippen molar-refractivity contribution in [2.75, 3.05) is 9.80 Å². The molecule has 0 aliphatic heterocycles. The zero-order valence-electron chi connectivity index (χ0n) is 43.5. The van der Waals surface area contributed by atoms with E-state index in [2.05, 4.69) is 293 Å². The van der Waals surface area contributed by atoms with E-state index in [1.807, 2.05) is 0 Å². The molecule has 0 saturated heterocycles. The predicted octanol–water partition coefficient (Wildman–Crippen LogP) is 20.1. The molecule has 14 rings (SSSR count). The minimum atomic E-state index is -0.767. The molecule has 364 valence electrons. The van der Waals surface area contributed by atoms with Crippen LogP contribution in [-0.4, -0.2) is 0 Å². The molecule has 0 atom stereocenters. The molecule has 1 heterocycles. The normalized spacial score (nSPS) is 12.9. The number of fused-ring (bicyclic) bond motifs is 14. The van der Waals surface area contributed by atoms with Gasteiger partial charge < -0.3 is 14.2 Å². The Morgan fingerprint density at radius 3 is 1.46 bits per heavy atom. The summed E-state index contributed by atoms with van der Waals surface area (Å²) in [6, 6.07) is 92.2. The molecule has 0 amide bonds. The van der Waals surface area contributed by atoms with Crippen molar-refractivity contribution in [3.8, 4) is 44.5 Å². The van der Waals surface area contributed by atoms with Gasteiger partial charge in [0, 0.05) is 56.4 Å². The van der Waals surface area contributed by atoms with Gasteiger partial charge in [0.2, 0.25) is 0 Å². The molecule has 0 unspecified atom stereocenters. The Hall–Kier alpha value is -9.18. The number of nitrogens with zero attached hydrogens (tertiary/aromatic N) is 2. The minimum Gasteiger partial charge on any atom is -0.456 e. The molecule has 1 spiro atoms. The Morgan fingerprint density at radius 2 is 0.855 bits per heavy atom. The van der Waals surface area contributed by atoms with Gasteiger partial charge in [0.1, 0.15) is 11.2 Å². The van der Waals surface area contributed by atoms with Gasteiger partial charge in [-0.25, -0.2) is 0 Å². The average molecular weight is 977 g/mol. The topological polar surface area (TPSA) is 19.6 Å². The third kappa shape index (κ3) is 6.96. The second-order valence-corrected chi connectivity index (χ2v) is 21.7. The zero-order valence-corrected chi connectivity index (χ0v) is 43.5. The maximum Gasteiger partial charge on any atom is 0.138 e. The standard InChI is InChI=1S/C73H56N2O/c1-47-33-37-54(43-61(47)49-21-9-6-10-22-49)74(52-25-13-8-14-26-52)56-41-42-59-65(45-56)73(63-30-18-15-27-57(63)58-28-16-19-31-64(58)73)71-66(46-68-69(70(59)71)60-29-17-20-32-67(60)76-68)75(53-39-35-51(36-40-53)72(3,4)5)55-38-34-48(2)62(44-55)50-23-11-7-12-24-50/h6-46H,1-5H3. The largest absolute Gasteiger partial charge is 0.456 e. The molecule has 3 nitrogen and oxygen atoms in total. The summed E-state index contributed by atoms with van der Waals surface area (Å²) in [5, 5.41) is 2.23. The molecular weight excluding hydrogens is 921 g/mol. The van der Waals surface area contributed by atoms with E-state index < -0.39 is 5.41 Å². The predicted molar refractivity (Wildman–Crippen MR) is 318 cm³/mol. The van der Waals surface area contributed by atoms with E-state index in [0.717, 1.165) is 56.1 Å². The van der Waals surface area contributed by atoms with Crippen LogP contribution in [0.25, 0.3) is 66.4 Å². The number of para-hydroxylation sites is 2. The summed E-state index contributed by atoms with van der Waals surface area (Å²) in [7, 11) is 0. The van der Waals surface area contributed by atoms with Crippen molar-refractivity contribution in [1.82, 2.24) is 0 Å². The Bertz CT molecular complexity index is 4180. The van der Waals surface area contributed by atoms with Crippen LogP contribution in [0.2, 0.25) is 0 Å². The van der Waals surface area contributed by atoms with Gasteiger partial charge in [0.05, 0.1) is 11.1 Å². The summed E-state index contributed by atoms with van der Waals surface area (Å²) in [6.45, 7) is 11.3. The van der Waals surface area contributed by atoms with Gasteiger partial charge in [-0.3, -0.25) is 0 Å². The van der Waals surface area contributed by atoms with Crippen molar-refractivity contribution in [1.29, 1.82) is 0 Å². The molecule has 2 aliphatic rings. The second-order valence-electron chi connectivity index (χ2n) is 21.7. The minimum absolute atomic E-state index is 0.0296. The van der Waals surface area contributed by atoms with Crippen LogP contribution in [0.1, 0.15) is 59.7 Å². The van der Waals surface area contributed by atoms with Crippen molar-refractivity contribution in [2.24, 2.45) is 0 Å². The van der Waals surface area contributed by atoms with E-state index in [9.17, 15) is 0 Å². The molecule has 76 heavy (non-hydrogen) atoms. The number of furan rings is 1. The van der Waals surface area contributed by atoms with Gasteiger partial charge in [-0.1, -0.05) is 197 Å². The molecule has 11 aromatic carbocycles. The number of hydrogen-bond donors (Lipinski definition) is 0. The smallest absolute Gasteiger partial charge is 0.138 e. The number of benzene rings is 11. The summed E-state index contributed by atoms with van der Waals surface area (Å²) in [4.78, 5) is 4.97. The Labute approximate surface area is 445 Å². The van der Waals surface area contributed by atoms with E-state index in [0.29, 0.717) is 0 Å². The van der Waals surface area contributed by atoms with Crippen molar-refractivity contribution in [2.45, 2.75) is 45.4 Å². The van der Waals surface area contributed by atoms with Gasteiger partial charge in [0.15, 0.2) is 0 Å². The summed E-state index contributed by atoms with van der Waals surface area (Å²) >= 11 is 0. The molecule has 2 aliphatic carbocycles. The Morgan fingerprint density at radius 1 is 0.368 bits per heavy atom. The van der Waals surface area contributed by atoms with Crippen molar-refractivity contribution >= 4 is 56.1 Å². The van der Waals surface area contributed by atoms with Crippen LogP contribution in [0.3, 0.4) is 0 Å². The van der Waals surface area contributed by atoms with Gasteiger partial charge in [-0.2, -0.15) is 0 Å². The van der Waals surface area contributed by atoms with Crippen molar-refractivity contribution < 1.29 is 4.42 Å². The molecule has 0 radical (unpaired) electrons.